The Morgan fingerprint density at radius 1 is 1.32 bits per heavy atom. The molecule has 1 aromatic carbocycles. The van der Waals surface area contributed by atoms with Crippen molar-refractivity contribution < 1.29 is 22.8 Å². The van der Waals surface area contributed by atoms with E-state index in [0.29, 0.717) is 11.3 Å². The van der Waals surface area contributed by atoms with E-state index in [9.17, 15) is 22.8 Å². The molecule has 1 aliphatic rings. The van der Waals surface area contributed by atoms with Crippen LogP contribution in [-0.4, -0.2) is 31.1 Å². The Bertz CT molecular complexity index is 514. The molecule has 4 nitrogen and oxygen atoms in total. The molecule has 0 radical (unpaired) electrons. The Morgan fingerprint density at radius 2 is 2.00 bits per heavy atom. The highest BCUT2D eigenvalue weighted by atomic mass is 19.4. The highest BCUT2D eigenvalue weighted by Crippen LogP contribution is 2.26. The summed E-state index contributed by atoms with van der Waals surface area (Å²) >= 11 is 0. The molecule has 1 aliphatic heterocycles. The fraction of sp³-hybridized carbons (Fsp3) is 0.333. The zero-order valence-electron chi connectivity index (χ0n) is 9.83. The molecule has 0 unspecified atom stereocenters. The van der Waals surface area contributed by atoms with Crippen molar-refractivity contribution in [2.45, 2.75) is 12.6 Å². The van der Waals surface area contributed by atoms with E-state index in [4.69, 9.17) is 0 Å². The summed E-state index contributed by atoms with van der Waals surface area (Å²) in [5.74, 6) is -0.115. The van der Waals surface area contributed by atoms with Gasteiger partial charge in [0.15, 0.2) is 5.78 Å². The van der Waals surface area contributed by atoms with Crippen LogP contribution in [0.2, 0.25) is 0 Å². The molecule has 0 atom stereocenters. The lowest BCUT2D eigenvalue weighted by molar-refractivity contribution is -0.122. The molecule has 7 heteroatoms. The molecule has 19 heavy (non-hydrogen) atoms. The molecule has 0 aliphatic carbocycles. The third kappa shape index (κ3) is 3.04. The molecule has 2 rings (SSSR count). The zero-order valence-corrected chi connectivity index (χ0v) is 9.83. The number of amides is 2. The fourth-order valence-electron chi connectivity index (χ4n) is 1.90. The van der Waals surface area contributed by atoms with Crippen molar-refractivity contribution >= 4 is 17.5 Å². The molecule has 0 saturated heterocycles. The molecule has 0 fully saturated rings. The molecule has 0 saturated carbocycles. The first-order valence-corrected chi connectivity index (χ1v) is 5.63. The number of nitrogens with zero attached hydrogens (tertiary/aromatic N) is 1. The molecular weight excluding hydrogens is 261 g/mol. The number of ketones is 1. The van der Waals surface area contributed by atoms with Crippen molar-refractivity contribution in [1.82, 2.24) is 5.32 Å². The minimum Gasteiger partial charge on any atom is -0.329 e. The Kier molecular flexibility index (Phi) is 3.46. The molecule has 0 bridgehead atoms. The summed E-state index contributed by atoms with van der Waals surface area (Å²) in [5, 5.41) is 1.80. The monoisotopic (exact) mass is 272 g/mol. The van der Waals surface area contributed by atoms with Gasteiger partial charge in [-0.05, 0) is 12.1 Å². The van der Waals surface area contributed by atoms with Gasteiger partial charge < -0.3 is 5.32 Å². The standard InChI is InChI=1S/C12H11F3N2O2/c13-12(14,15)7-16-11(19)17-6-5-10(18)8-3-1-2-4-9(8)17/h1-4H,5-7H2,(H,16,19). The van der Waals surface area contributed by atoms with Crippen molar-refractivity contribution in [2.24, 2.45) is 0 Å². The van der Waals surface area contributed by atoms with Crippen LogP contribution in [0, 0.1) is 0 Å². The van der Waals surface area contributed by atoms with E-state index in [0.717, 1.165) is 4.90 Å². The highest BCUT2D eigenvalue weighted by molar-refractivity contribution is 6.08. The average molecular weight is 272 g/mol. The summed E-state index contributed by atoms with van der Waals surface area (Å²) in [6.07, 6.45) is -4.35. The number of hydrogen-bond acceptors (Lipinski definition) is 2. The Morgan fingerprint density at radius 3 is 2.68 bits per heavy atom. The van der Waals surface area contributed by atoms with Crippen LogP contribution < -0.4 is 10.2 Å². The minimum atomic E-state index is -4.46. The van der Waals surface area contributed by atoms with Crippen LogP contribution in [-0.2, 0) is 0 Å². The highest BCUT2D eigenvalue weighted by Gasteiger charge is 2.31. The Labute approximate surface area is 107 Å². The van der Waals surface area contributed by atoms with Crippen molar-refractivity contribution in [3.05, 3.63) is 29.8 Å². The smallest absolute Gasteiger partial charge is 0.329 e. The van der Waals surface area contributed by atoms with Crippen molar-refractivity contribution in [3.8, 4) is 0 Å². The second-order valence-corrected chi connectivity index (χ2v) is 4.12. The van der Waals surface area contributed by atoms with Gasteiger partial charge in [-0.15, -0.1) is 0 Å². The average Bonchev–Trinajstić information content (AvgIpc) is 2.36. The predicted molar refractivity (Wildman–Crippen MR) is 62.2 cm³/mol. The quantitative estimate of drug-likeness (QED) is 0.853. The predicted octanol–water partition coefficient (Wildman–Crippen LogP) is 2.35. The van der Waals surface area contributed by atoms with Gasteiger partial charge in [0.1, 0.15) is 6.54 Å². The summed E-state index contributed by atoms with van der Waals surface area (Å²) in [6.45, 7) is -1.31. The zero-order chi connectivity index (χ0) is 14.0. The van der Waals surface area contributed by atoms with Crippen LogP contribution >= 0.6 is 0 Å². The lowest BCUT2D eigenvalue weighted by Gasteiger charge is -2.28. The largest absolute Gasteiger partial charge is 0.405 e. The van der Waals surface area contributed by atoms with Gasteiger partial charge in [0.05, 0.1) is 5.69 Å². The van der Waals surface area contributed by atoms with Crippen LogP contribution in [0.15, 0.2) is 24.3 Å². The van der Waals surface area contributed by atoms with Gasteiger partial charge >= 0.3 is 12.2 Å². The minimum absolute atomic E-state index is 0.0829. The number of fused-ring (bicyclic) bond motifs is 1. The number of benzene rings is 1. The summed E-state index contributed by atoms with van der Waals surface area (Å²) < 4.78 is 36.2. The topological polar surface area (TPSA) is 49.4 Å². The maximum absolute atomic E-state index is 12.1. The van der Waals surface area contributed by atoms with E-state index in [-0.39, 0.29) is 18.7 Å². The Balaban J connectivity index is 2.16. The second kappa shape index (κ2) is 4.91. The van der Waals surface area contributed by atoms with Gasteiger partial charge in [0.2, 0.25) is 0 Å². The molecule has 1 N–H and O–H groups in total. The van der Waals surface area contributed by atoms with Crippen LogP contribution in [0.1, 0.15) is 16.8 Å². The van der Waals surface area contributed by atoms with Gasteiger partial charge in [-0.25, -0.2) is 4.79 Å². The van der Waals surface area contributed by atoms with Gasteiger partial charge in [-0.1, -0.05) is 12.1 Å². The number of para-hydroxylation sites is 1. The summed E-state index contributed by atoms with van der Waals surface area (Å²) in [7, 11) is 0. The molecular formula is C12H11F3N2O2. The van der Waals surface area contributed by atoms with Crippen molar-refractivity contribution in [3.63, 3.8) is 0 Å². The summed E-state index contributed by atoms with van der Waals surface area (Å²) in [4.78, 5) is 24.5. The van der Waals surface area contributed by atoms with E-state index in [1.54, 1.807) is 29.6 Å². The lowest BCUT2D eigenvalue weighted by Crippen LogP contribution is -2.46. The third-order valence-corrected chi connectivity index (χ3v) is 2.74. The molecule has 1 heterocycles. The fourth-order valence-corrected chi connectivity index (χ4v) is 1.90. The third-order valence-electron chi connectivity index (χ3n) is 2.74. The molecule has 0 spiro atoms. The lowest BCUT2D eigenvalue weighted by atomic mass is 10.0. The van der Waals surface area contributed by atoms with Crippen molar-refractivity contribution in [1.29, 1.82) is 0 Å². The normalized spacial score (nSPS) is 15.1. The number of carbonyl (C=O) groups excluding carboxylic acids is 2. The number of alkyl halides is 3. The number of hydrogen-bond donors (Lipinski definition) is 1. The maximum atomic E-state index is 12.1. The van der Waals surface area contributed by atoms with E-state index in [2.05, 4.69) is 0 Å². The maximum Gasteiger partial charge on any atom is 0.405 e. The van der Waals surface area contributed by atoms with E-state index in [1.165, 1.54) is 0 Å². The first kappa shape index (κ1) is 13.4. The van der Waals surface area contributed by atoms with Gasteiger partial charge in [-0.2, -0.15) is 13.2 Å². The van der Waals surface area contributed by atoms with Gasteiger partial charge in [0, 0.05) is 18.5 Å². The first-order chi connectivity index (χ1) is 8.88. The second-order valence-electron chi connectivity index (χ2n) is 4.12. The number of carbonyl (C=O) groups is 2. The number of rotatable bonds is 1. The van der Waals surface area contributed by atoms with E-state index in [1.807, 2.05) is 0 Å². The van der Waals surface area contributed by atoms with Gasteiger partial charge in [0.25, 0.3) is 0 Å². The Hall–Kier alpha value is -2.05. The van der Waals surface area contributed by atoms with Crippen LogP contribution in [0.5, 0.6) is 0 Å². The van der Waals surface area contributed by atoms with Crippen molar-refractivity contribution in [2.75, 3.05) is 18.0 Å². The number of urea groups is 1. The molecule has 2 amide bonds. The summed E-state index contributed by atoms with van der Waals surface area (Å²) in [5.41, 5.74) is 0.703. The van der Waals surface area contributed by atoms with E-state index >= 15 is 0 Å². The van der Waals surface area contributed by atoms with Crippen LogP contribution in [0.25, 0.3) is 0 Å². The van der Waals surface area contributed by atoms with E-state index < -0.39 is 18.8 Å². The number of anilines is 1. The number of nitrogens with one attached hydrogen (secondary N) is 1. The van der Waals surface area contributed by atoms with Crippen LogP contribution in [0.4, 0.5) is 23.7 Å². The van der Waals surface area contributed by atoms with Crippen LogP contribution in [0.3, 0.4) is 0 Å². The molecule has 102 valence electrons. The molecule has 1 aromatic rings. The summed E-state index contributed by atoms with van der Waals surface area (Å²) in [6, 6.07) is 5.52. The first-order valence-electron chi connectivity index (χ1n) is 5.63. The molecule has 0 aromatic heterocycles. The number of Topliss-reactive ketones (excluding diaryl/α,β-unsaturated/α-hetero) is 1. The number of halogens is 3. The SMILES string of the molecule is O=C1CCN(C(=O)NCC(F)(F)F)c2ccccc21. The van der Waals surface area contributed by atoms with Gasteiger partial charge in [-0.3, -0.25) is 9.69 Å².